The second kappa shape index (κ2) is 7.10. The Hall–Kier alpha value is -2.93. The van der Waals surface area contributed by atoms with Crippen molar-refractivity contribution in [1.82, 2.24) is 14.8 Å². The van der Waals surface area contributed by atoms with Crippen LogP contribution in [0.15, 0.2) is 55.1 Å². The van der Waals surface area contributed by atoms with Crippen LogP contribution in [0, 0.1) is 5.82 Å². The largest absolute Gasteiger partial charge is 0.376 e. The van der Waals surface area contributed by atoms with Gasteiger partial charge in [0.2, 0.25) is 5.91 Å². The molecule has 8 heteroatoms. The Balaban J connectivity index is 1.71. The van der Waals surface area contributed by atoms with Crippen molar-refractivity contribution in [2.45, 2.75) is 0 Å². The molecule has 1 aromatic heterocycles. The van der Waals surface area contributed by atoms with Crippen molar-refractivity contribution >= 4 is 28.9 Å². The van der Waals surface area contributed by atoms with Crippen molar-refractivity contribution in [2.24, 2.45) is 0 Å². The summed E-state index contributed by atoms with van der Waals surface area (Å²) in [6, 6.07) is 10.9. The van der Waals surface area contributed by atoms with E-state index in [1.54, 1.807) is 30.3 Å². The first-order valence-electron chi connectivity index (χ1n) is 7.05. The second-order valence-corrected chi connectivity index (χ2v) is 5.35. The van der Waals surface area contributed by atoms with Crippen LogP contribution in [0.4, 0.5) is 15.8 Å². The summed E-state index contributed by atoms with van der Waals surface area (Å²) >= 11 is 6.00. The van der Waals surface area contributed by atoms with E-state index in [0.717, 1.165) is 0 Å². The smallest absolute Gasteiger partial charge is 0.243 e. The third-order valence-corrected chi connectivity index (χ3v) is 3.41. The summed E-state index contributed by atoms with van der Waals surface area (Å²) in [5.74, 6) is -0.674. The van der Waals surface area contributed by atoms with Gasteiger partial charge >= 0.3 is 0 Å². The Morgan fingerprint density at radius 1 is 1.25 bits per heavy atom. The molecule has 0 aliphatic carbocycles. The van der Waals surface area contributed by atoms with Crippen molar-refractivity contribution in [3.05, 3.63) is 66.0 Å². The molecule has 0 saturated heterocycles. The minimum Gasteiger partial charge on any atom is -0.376 e. The standard InChI is InChI=1S/C16H13ClFN5O/c17-11-4-5-15(23-10-19-9-21-23)14(6-11)22-16(24)8-20-13-3-1-2-12(18)7-13/h1-7,9-10,20H,8H2,(H,22,24). The average Bonchev–Trinajstić information content (AvgIpc) is 3.07. The van der Waals surface area contributed by atoms with Gasteiger partial charge in [-0.15, -0.1) is 0 Å². The number of benzene rings is 2. The van der Waals surface area contributed by atoms with Gasteiger partial charge in [0.25, 0.3) is 0 Å². The van der Waals surface area contributed by atoms with Gasteiger partial charge in [-0.3, -0.25) is 4.79 Å². The predicted molar refractivity (Wildman–Crippen MR) is 89.9 cm³/mol. The molecule has 0 bridgehead atoms. The Bertz CT molecular complexity index is 853. The molecule has 2 N–H and O–H groups in total. The van der Waals surface area contributed by atoms with Crippen molar-refractivity contribution in [3.8, 4) is 5.69 Å². The van der Waals surface area contributed by atoms with Crippen LogP contribution in [0.1, 0.15) is 0 Å². The van der Waals surface area contributed by atoms with Crippen LogP contribution in [0.3, 0.4) is 0 Å². The number of nitrogens with one attached hydrogen (secondary N) is 2. The Labute approximate surface area is 142 Å². The van der Waals surface area contributed by atoms with E-state index in [2.05, 4.69) is 20.7 Å². The van der Waals surface area contributed by atoms with Gasteiger partial charge in [0.1, 0.15) is 18.5 Å². The fraction of sp³-hybridized carbons (Fsp3) is 0.0625. The van der Waals surface area contributed by atoms with Gasteiger partial charge in [0.15, 0.2) is 0 Å². The maximum atomic E-state index is 13.1. The summed E-state index contributed by atoms with van der Waals surface area (Å²) < 4.78 is 14.6. The predicted octanol–water partition coefficient (Wildman–Crippen LogP) is 3.11. The molecule has 0 aliphatic rings. The topological polar surface area (TPSA) is 71.8 Å². The maximum absolute atomic E-state index is 13.1. The number of nitrogens with zero attached hydrogens (tertiary/aromatic N) is 3. The van der Waals surface area contributed by atoms with Crippen molar-refractivity contribution in [3.63, 3.8) is 0 Å². The monoisotopic (exact) mass is 345 g/mol. The molecular weight excluding hydrogens is 333 g/mol. The minimum atomic E-state index is -0.372. The fourth-order valence-electron chi connectivity index (χ4n) is 2.12. The lowest BCUT2D eigenvalue weighted by Gasteiger charge is -2.12. The summed E-state index contributed by atoms with van der Waals surface area (Å²) in [6.45, 7) is -0.0211. The molecule has 3 rings (SSSR count). The fourth-order valence-corrected chi connectivity index (χ4v) is 2.29. The summed E-state index contributed by atoms with van der Waals surface area (Å²) in [4.78, 5) is 16.0. The highest BCUT2D eigenvalue weighted by Gasteiger charge is 2.10. The van der Waals surface area contributed by atoms with Gasteiger partial charge in [0, 0.05) is 10.7 Å². The first-order valence-corrected chi connectivity index (χ1v) is 7.43. The molecule has 2 aromatic carbocycles. The lowest BCUT2D eigenvalue weighted by molar-refractivity contribution is -0.114. The lowest BCUT2D eigenvalue weighted by atomic mass is 10.2. The van der Waals surface area contributed by atoms with Crippen molar-refractivity contribution in [1.29, 1.82) is 0 Å². The van der Waals surface area contributed by atoms with E-state index < -0.39 is 0 Å². The van der Waals surface area contributed by atoms with E-state index in [0.29, 0.717) is 22.1 Å². The Morgan fingerprint density at radius 2 is 2.12 bits per heavy atom. The molecule has 1 heterocycles. The molecule has 24 heavy (non-hydrogen) atoms. The summed E-state index contributed by atoms with van der Waals surface area (Å²) in [7, 11) is 0. The first kappa shape index (κ1) is 15.9. The van der Waals surface area contributed by atoms with Crippen LogP contribution in [-0.2, 0) is 4.79 Å². The molecule has 0 saturated carbocycles. The van der Waals surface area contributed by atoms with E-state index >= 15 is 0 Å². The Kier molecular flexibility index (Phi) is 4.72. The number of hydrogen-bond donors (Lipinski definition) is 2. The van der Waals surface area contributed by atoms with Crippen LogP contribution >= 0.6 is 11.6 Å². The third-order valence-electron chi connectivity index (χ3n) is 3.18. The number of carbonyl (C=O) groups is 1. The first-order chi connectivity index (χ1) is 11.6. The van der Waals surface area contributed by atoms with Gasteiger partial charge in [-0.1, -0.05) is 17.7 Å². The number of halogens is 2. The average molecular weight is 346 g/mol. The molecule has 0 spiro atoms. The van der Waals surface area contributed by atoms with Gasteiger partial charge < -0.3 is 10.6 Å². The van der Waals surface area contributed by atoms with Gasteiger partial charge in [0.05, 0.1) is 17.9 Å². The zero-order valence-electron chi connectivity index (χ0n) is 12.4. The van der Waals surface area contributed by atoms with E-state index in [9.17, 15) is 9.18 Å². The molecule has 0 aliphatic heterocycles. The number of amides is 1. The van der Waals surface area contributed by atoms with E-state index in [4.69, 9.17) is 11.6 Å². The Morgan fingerprint density at radius 3 is 2.88 bits per heavy atom. The molecule has 0 radical (unpaired) electrons. The van der Waals surface area contributed by atoms with E-state index in [-0.39, 0.29) is 18.3 Å². The molecular formula is C16H13ClFN5O. The summed E-state index contributed by atoms with van der Waals surface area (Å²) in [5.41, 5.74) is 1.66. The minimum absolute atomic E-state index is 0.0211. The van der Waals surface area contributed by atoms with E-state index in [1.807, 2.05) is 0 Å². The van der Waals surface area contributed by atoms with Crippen LogP contribution < -0.4 is 10.6 Å². The highest BCUT2D eigenvalue weighted by molar-refractivity contribution is 6.31. The molecule has 0 fully saturated rings. The molecule has 0 unspecified atom stereocenters. The number of rotatable bonds is 5. The second-order valence-electron chi connectivity index (χ2n) is 4.91. The highest BCUT2D eigenvalue weighted by Crippen LogP contribution is 2.23. The van der Waals surface area contributed by atoms with Gasteiger partial charge in [-0.25, -0.2) is 14.1 Å². The third kappa shape index (κ3) is 3.88. The van der Waals surface area contributed by atoms with Crippen LogP contribution in [0.5, 0.6) is 0 Å². The molecule has 1 amide bonds. The van der Waals surface area contributed by atoms with Gasteiger partial charge in [-0.2, -0.15) is 5.10 Å². The van der Waals surface area contributed by atoms with Crippen LogP contribution in [-0.4, -0.2) is 27.2 Å². The highest BCUT2D eigenvalue weighted by atomic mass is 35.5. The number of carbonyl (C=O) groups excluding carboxylic acids is 1. The van der Waals surface area contributed by atoms with Gasteiger partial charge in [-0.05, 0) is 36.4 Å². The van der Waals surface area contributed by atoms with Crippen molar-refractivity contribution in [2.75, 3.05) is 17.2 Å². The zero-order chi connectivity index (χ0) is 16.9. The quantitative estimate of drug-likeness (QED) is 0.745. The summed E-state index contributed by atoms with van der Waals surface area (Å²) in [6.07, 6.45) is 2.91. The van der Waals surface area contributed by atoms with Crippen LogP contribution in [0.25, 0.3) is 5.69 Å². The zero-order valence-corrected chi connectivity index (χ0v) is 13.2. The lowest BCUT2D eigenvalue weighted by Crippen LogP contribution is -2.22. The van der Waals surface area contributed by atoms with Crippen molar-refractivity contribution < 1.29 is 9.18 Å². The SMILES string of the molecule is O=C(CNc1cccc(F)c1)Nc1cc(Cl)ccc1-n1cncn1. The molecule has 0 atom stereocenters. The number of anilines is 2. The number of hydrogen-bond acceptors (Lipinski definition) is 4. The summed E-state index contributed by atoms with van der Waals surface area (Å²) in [5, 5.41) is 10.1. The molecule has 122 valence electrons. The van der Waals surface area contributed by atoms with E-state index in [1.165, 1.54) is 29.5 Å². The van der Waals surface area contributed by atoms with Crippen LogP contribution in [0.2, 0.25) is 5.02 Å². The molecule has 6 nitrogen and oxygen atoms in total. The maximum Gasteiger partial charge on any atom is 0.243 e. The number of aromatic nitrogens is 3. The molecule has 3 aromatic rings. The normalized spacial score (nSPS) is 10.4.